The molecule has 27 heavy (non-hydrogen) atoms. The van der Waals surface area contributed by atoms with Gasteiger partial charge in [0, 0.05) is 29.3 Å². The van der Waals surface area contributed by atoms with Gasteiger partial charge in [0.25, 0.3) is 0 Å². The van der Waals surface area contributed by atoms with Gasteiger partial charge in [0.15, 0.2) is 5.13 Å². The lowest BCUT2D eigenvalue weighted by molar-refractivity contribution is -0.144. The van der Waals surface area contributed by atoms with E-state index in [2.05, 4.69) is 10.3 Å². The lowest BCUT2D eigenvalue weighted by Crippen LogP contribution is -2.54. The van der Waals surface area contributed by atoms with E-state index in [1.807, 2.05) is 38.3 Å². The van der Waals surface area contributed by atoms with E-state index in [0.29, 0.717) is 5.13 Å². The van der Waals surface area contributed by atoms with E-state index in [-0.39, 0.29) is 31.2 Å². The molecule has 2 rings (SSSR count). The monoisotopic (exact) mass is 408 g/mol. The van der Waals surface area contributed by atoms with Crippen molar-refractivity contribution in [3.63, 3.8) is 0 Å². The fourth-order valence-corrected chi connectivity index (χ4v) is 4.02. The first-order valence-corrected chi connectivity index (χ1v) is 10.2. The van der Waals surface area contributed by atoms with Crippen LogP contribution in [-0.2, 0) is 20.9 Å². The number of hydrogen-bond donors (Lipinski definition) is 2. The Morgan fingerprint density at radius 1 is 1.22 bits per heavy atom. The summed E-state index contributed by atoms with van der Waals surface area (Å²) in [6, 6.07) is 3.02. The van der Waals surface area contributed by atoms with Crippen molar-refractivity contribution >= 4 is 45.5 Å². The highest BCUT2D eigenvalue weighted by atomic mass is 32.1. The predicted octanol–water partition coefficient (Wildman–Crippen LogP) is 2.85. The number of thiazole rings is 1. The van der Waals surface area contributed by atoms with E-state index < -0.39 is 17.4 Å². The van der Waals surface area contributed by atoms with E-state index in [1.54, 1.807) is 11.6 Å². The van der Waals surface area contributed by atoms with Gasteiger partial charge in [-0.25, -0.2) is 4.98 Å². The molecule has 0 saturated heterocycles. The number of amides is 3. The van der Waals surface area contributed by atoms with Gasteiger partial charge < -0.3 is 16.0 Å². The van der Waals surface area contributed by atoms with Crippen molar-refractivity contribution in [1.82, 2.24) is 9.88 Å². The van der Waals surface area contributed by atoms with Crippen LogP contribution in [0.2, 0.25) is 0 Å². The third kappa shape index (κ3) is 6.14. The Hall–Kier alpha value is -2.26. The number of primary amides is 1. The van der Waals surface area contributed by atoms with Crippen molar-refractivity contribution < 1.29 is 14.4 Å². The third-order valence-corrected chi connectivity index (χ3v) is 5.42. The van der Waals surface area contributed by atoms with Gasteiger partial charge in [-0.05, 0) is 16.9 Å². The predicted molar refractivity (Wildman–Crippen MR) is 107 cm³/mol. The normalized spacial score (nSPS) is 12.4. The molecule has 0 aliphatic heterocycles. The highest BCUT2D eigenvalue weighted by Crippen LogP contribution is 2.27. The molecule has 3 N–H and O–H groups in total. The van der Waals surface area contributed by atoms with E-state index >= 15 is 0 Å². The highest BCUT2D eigenvalue weighted by Gasteiger charge is 2.37. The molecule has 1 atom stereocenters. The molecule has 0 fully saturated rings. The number of anilines is 1. The van der Waals surface area contributed by atoms with Crippen LogP contribution in [0.4, 0.5) is 5.13 Å². The van der Waals surface area contributed by atoms with Gasteiger partial charge in [-0.1, -0.05) is 26.8 Å². The van der Waals surface area contributed by atoms with Gasteiger partial charge in [0.2, 0.25) is 17.7 Å². The average molecular weight is 409 g/mol. The molecule has 2 aromatic rings. The maximum Gasteiger partial charge on any atom is 0.240 e. The zero-order valence-electron chi connectivity index (χ0n) is 15.6. The molecule has 2 heterocycles. The number of hydrogen-bond acceptors (Lipinski definition) is 6. The van der Waals surface area contributed by atoms with Crippen LogP contribution in [0.1, 0.15) is 38.5 Å². The molecule has 0 spiro atoms. The Labute approximate surface area is 166 Å². The first-order chi connectivity index (χ1) is 12.7. The average Bonchev–Trinajstić information content (AvgIpc) is 3.24. The number of carbonyl (C=O) groups excluding carboxylic acids is 3. The number of thiophene rings is 1. The molecule has 1 unspecified atom stereocenters. The second-order valence-corrected chi connectivity index (χ2v) is 9.08. The first kappa shape index (κ1) is 21.0. The van der Waals surface area contributed by atoms with E-state index in [4.69, 9.17) is 5.73 Å². The Balaban J connectivity index is 2.10. The molecular weight excluding hydrogens is 384 g/mol. The largest absolute Gasteiger partial charge is 0.368 e. The summed E-state index contributed by atoms with van der Waals surface area (Å²) in [4.78, 5) is 43.5. The SMILES string of the molecule is CC(C)(C)C(C(N)=O)N(Cc1cccs1)C(=O)CCC(=O)Nc1nccs1. The number of nitrogens with one attached hydrogen (secondary N) is 1. The molecule has 0 saturated carbocycles. The van der Waals surface area contributed by atoms with Crippen LogP contribution in [0, 0.1) is 5.41 Å². The van der Waals surface area contributed by atoms with Crippen LogP contribution in [0.25, 0.3) is 0 Å². The molecule has 7 nitrogen and oxygen atoms in total. The maximum atomic E-state index is 12.9. The molecule has 9 heteroatoms. The second kappa shape index (κ2) is 9.09. The van der Waals surface area contributed by atoms with Gasteiger partial charge in [-0.2, -0.15) is 0 Å². The molecule has 0 aliphatic carbocycles. The lowest BCUT2D eigenvalue weighted by atomic mass is 9.84. The number of rotatable bonds is 8. The van der Waals surface area contributed by atoms with E-state index in [1.165, 1.54) is 27.6 Å². The van der Waals surface area contributed by atoms with Crippen molar-refractivity contribution in [1.29, 1.82) is 0 Å². The van der Waals surface area contributed by atoms with Crippen LogP contribution in [0.3, 0.4) is 0 Å². The summed E-state index contributed by atoms with van der Waals surface area (Å²) in [5, 5.41) is 6.81. The van der Waals surface area contributed by atoms with Crippen molar-refractivity contribution in [3.8, 4) is 0 Å². The Morgan fingerprint density at radius 3 is 2.48 bits per heavy atom. The molecule has 0 bridgehead atoms. The standard InChI is InChI=1S/C18H24N4O3S2/c1-18(2,3)15(16(19)25)22(11-12-5-4-9-26-12)14(24)7-6-13(23)21-17-20-8-10-27-17/h4-5,8-10,15H,6-7,11H2,1-3H3,(H2,19,25)(H,20,21,23). The van der Waals surface area contributed by atoms with E-state index in [9.17, 15) is 14.4 Å². The number of nitrogens with zero attached hydrogens (tertiary/aromatic N) is 2. The zero-order chi connectivity index (χ0) is 20.0. The third-order valence-electron chi connectivity index (χ3n) is 3.87. The topological polar surface area (TPSA) is 105 Å². The van der Waals surface area contributed by atoms with Crippen LogP contribution in [0.5, 0.6) is 0 Å². The summed E-state index contributed by atoms with van der Waals surface area (Å²) in [6.45, 7) is 5.89. The number of carbonyl (C=O) groups is 3. The summed E-state index contributed by atoms with van der Waals surface area (Å²) in [6.07, 6.45) is 1.59. The zero-order valence-corrected chi connectivity index (χ0v) is 17.2. The van der Waals surface area contributed by atoms with Crippen molar-refractivity contribution in [2.75, 3.05) is 5.32 Å². The molecule has 3 amide bonds. The van der Waals surface area contributed by atoms with Gasteiger partial charge >= 0.3 is 0 Å². The lowest BCUT2D eigenvalue weighted by Gasteiger charge is -2.38. The molecule has 2 aromatic heterocycles. The molecule has 0 aliphatic rings. The van der Waals surface area contributed by atoms with Crippen molar-refractivity contribution in [3.05, 3.63) is 34.0 Å². The van der Waals surface area contributed by atoms with Crippen LogP contribution in [-0.4, -0.2) is 33.6 Å². The smallest absolute Gasteiger partial charge is 0.240 e. The van der Waals surface area contributed by atoms with Crippen LogP contribution < -0.4 is 11.1 Å². The van der Waals surface area contributed by atoms with Crippen molar-refractivity contribution in [2.45, 2.75) is 46.2 Å². The summed E-state index contributed by atoms with van der Waals surface area (Å²) in [7, 11) is 0. The highest BCUT2D eigenvalue weighted by molar-refractivity contribution is 7.13. The van der Waals surface area contributed by atoms with Gasteiger partial charge in [-0.3, -0.25) is 14.4 Å². The summed E-state index contributed by atoms with van der Waals surface area (Å²) < 4.78 is 0. The Bertz CT molecular complexity index is 767. The molecule has 146 valence electrons. The molecule has 0 radical (unpaired) electrons. The van der Waals surface area contributed by atoms with Gasteiger partial charge in [-0.15, -0.1) is 22.7 Å². The van der Waals surface area contributed by atoms with Gasteiger partial charge in [0.05, 0.1) is 6.54 Å². The number of nitrogens with two attached hydrogens (primary N) is 1. The van der Waals surface area contributed by atoms with Crippen molar-refractivity contribution in [2.24, 2.45) is 11.1 Å². The fourth-order valence-electron chi connectivity index (χ4n) is 2.77. The fraction of sp³-hybridized carbons (Fsp3) is 0.444. The van der Waals surface area contributed by atoms with Gasteiger partial charge in [0.1, 0.15) is 6.04 Å². The van der Waals surface area contributed by atoms with Crippen LogP contribution in [0.15, 0.2) is 29.1 Å². The minimum absolute atomic E-state index is 0.00891. The number of aromatic nitrogens is 1. The summed E-state index contributed by atoms with van der Waals surface area (Å²) in [5.41, 5.74) is 5.10. The second-order valence-electron chi connectivity index (χ2n) is 7.16. The summed E-state index contributed by atoms with van der Waals surface area (Å²) in [5.74, 6) is -1.13. The van der Waals surface area contributed by atoms with E-state index in [0.717, 1.165) is 4.88 Å². The maximum absolute atomic E-state index is 12.9. The molecular formula is C18H24N4O3S2. The Morgan fingerprint density at radius 2 is 1.96 bits per heavy atom. The molecule has 0 aromatic carbocycles. The quantitative estimate of drug-likeness (QED) is 0.700. The first-order valence-electron chi connectivity index (χ1n) is 8.49. The Kier molecular flexibility index (Phi) is 7.09. The minimum atomic E-state index is -0.769. The van der Waals surface area contributed by atoms with Crippen LogP contribution >= 0.6 is 22.7 Å². The minimum Gasteiger partial charge on any atom is -0.368 e. The summed E-state index contributed by atoms with van der Waals surface area (Å²) >= 11 is 2.81.